The van der Waals surface area contributed by atoms with Gasteiger partial charge < -0.3 is 4.74 Å². The molecule has 0 N–H and O–H groups in total. The number of hydrogen-bond donors (Lipinski definition) is 0. The Morgan fingerprint density at radius 3 is 2.71 bits per heavy atom. The number of ether oxygens (including phenoxy) is 1. The van der Waals surface area contributed by atoms with Gasteiger partial charge >= 0.3 is 0 Å². The summed E-state index contributed by atoms with van der Waals surface area (Å²) in [6.45, 7) is 4.73. The Bertz CT molecular complexity index is 374. The highest BCUT2D eigenvalue weighted by Gasteiger charge is 2.12. The van der Waals surface area contributed by atoms with Crippen molar-refractivity contribution in [2.24, 2.45) is 0 Å². The minimum Gasteiger partial charge on any atom is -0.493 e. The molecule has 0 saturated heterocycles. The first-order valence-corrected chi connectivity index (χ1v) is 6.52. The Hall–Kier alpha value is -1.02. The van der Waals surface area contributed by atoms with Crippen molar-refractivity contribution >= 4 is 17.4 Å². The van der Waals surface area contributed by atoms with Crippen molar-refractivity contribution in [3.63, 3.8) is 0 Å². The predicted octanol–water partition coefficient (Wildman–Crippen LogP) is 4.50. The number of benzene rings is 1. The molecule has 0 heterocycles. The van der Waals surface area contributed by atoms with E-state index in [1.165, 1.54) is 0 Å². The maximum absolute atomic E-state index is 12.0. The Balaban J connectivity index is 2.85. The molecule has 0 aliphatic rings. The minimum absolute atomic E-state index is 0.112. The average Bonchev–Trinajstić information content (AvgIpc) is 2.34. The summed E-state index contributed by atoms with van der Waals surface area (Å²) in [5.74, 6) is 0.762. The number of carbonyl (C=O) groups is 1. The average molecular weight is 255 g/mol. The lowest BCUT2D eigenvalue weighted by Gasteiger charge is -2.10. The highest BCUT2D eigenvalue weighted by molar-refractivity contribution is 6.31. The molecular formula is C14H19ClO2. The molecule has 0 unspecified atom stereocenters. The van der Waals surface area contributed by atoms with E-state index in [2.05, 4.69) is 6.92 Å². The highest BCUT2D eigenvalue weighted by Crippen LogP contribution is 2.25. The van der Waals surface area contributed by atoms with Crippen LogP contribution in [0.2, 0.25) is 5.02 Å². The van der Waals surface area contributed by atoms with Crippen LogP contribution in [0.5, 0.6) is 5.75 Å². The fraction of sp³-hybridized carbons (Fsp3) is 0.500. The summed E-state index contributed by atoms with van der Waals surface area (Å²) >= 11 is 5.92. The Kier molecular flexibility index (Phi) is 6.06. The van der Waals surface area contributed by atoms with E-state index in [0.717, 1.165) is 19.3 Å². The van der Waals surface area contributed by atoms with Crippen LogP contribution in [-0.4, -0.2) is 12.4 Å². The summed E-state index contributed by atoms with van der Waals surface area (Å²) in [6.07, 6.45) is 3.39. The number of carbonyl (C=O) groups excluding carboxylic acids is 1. The van der Waals surface area contributed by atoms with E-state index < -0.39 is 0 Å². The summed E-state index contributed by atoms with van der Waals surface area (Å²) in [5.41, 5.74) is 0.611. The zero-order valence-corrected chi connectivity index (χ0v) is 11.2. The molecule has 1 aromatic rings. The van der Waals surface area contributed by atoms with Gasteiger partial charge in [-0.3, -0.25) is 4.79 Å². The molecule has 0 amide bonds. The zero-order valence-electron chi connectivity index (χ0n) is 10.5. The molecule has 1 rings (SSSR count). The van der Waals surface area contributed by atoms with Crippen molar-refractivity contribution in [1.82, 2.24) is 0 Å². The topological polar surface area (TPSA) is 26.3 Å². The highest BCUT2D eigenvalue weighted by atomic mass is 35.5. The molecule has 3 heteroatoms. The van der Waals surface area contributed by atoms with E-state index in [0.29, 0.717) is 29.4 Å². The minimum atomic E-state index is 0.112. The maximum Gasteiger partial charge on any atom is 0.166 e. The van der Waals surface area contributed by atoms with E-state index in [1.807, 2.05) is 6.92 Å². The van der Waals surface area contributed by atoms with Crippen LogP contribution in [-0.2, 0) is 0 Å². The SMILES string of the molecule is CCCCC(=O)c1cc(Cl)ccc1OCCC. The first-order chi connectivity index (χ1) is 8.19. The number of halogens is 1. The van der Waals surface area contributed by atoms with Gasteiger partial charge in [0, 0.05) is 11.4 Å². The second-order valence-electron chi connectivity index (χ2n) is 4.02. The number of ketones is 1. The third-order valence-corrected chi connectivity index (χ3v) is 2.70. The van der Waals surface area contributed by atoms with Crippen LogP contribution in [0.15, 0.2) is 18.2 Å². The van der Waals surface area contributed by atoms with Crippen LogP contribution in [0, 0.1) is 0 Å². The Morgan fingerprint density at radius 2 is 2.06 bits per heavy atom. The van der Waals surface area contributed by atoms with Crippen molar-refractivity contribution in [2.75, 3.05) is 6.61 Å². The molecule has 0 saturated carbocycles. The molecule has 0 aliphatic heterocycles. The fourth-order valence-corrected chi connectivity index (χ4v) is 1.70. The molecule has 0 radical (unpaired) electrons. The molecule has 0 atom stereocenters. The predicted molar refractivity (Wildman–Crippen MR) is 71.1 cm³/mol. The van der Waals surface area contributed by atoms with Gasteiger partial charge in [-0.1, -0.05) is 31.9 Å². The van der Waals surface area contributed by atoms with Crippen LogP contribution < -0.4 is 4.74 Å². The van der Waals surface area contributed by atoms with Gasteiger partial charge in [0.2, 0.25) is 0 Å². The molecule has 94 valence electrons. The van der Waals surface area contributed by atoms with Crippen molar-refractivity contribution in [3.05, 3.63) is 28.8 Å². The second-order valence-corrected chi connectivity index (χ2v) is 4.45. The van der Waals surface area contributed by atoms with E-state index in [-0.39, 0.29) is 5.78 Å². The van der Waals surface area contributed by atoms with Crippen molar-refractivity contribution in [2.45, 2.75) is 39.5 Å². The van der Waals surface area contributed by atoms with Gasteiger partial charge in [-0.15, -0.1) is 0 Å². The Morgan fingerprint density at radius 1 is 1.29 bits per heavy atom. The largest absolute Gasteiger partial charge is 0.493 e. The summed E-state index contributed by atoms with van der Waals surface area (Å²) in [6, 6.07) is 5.23. The first-order valence-electron chi connectivity index (χ1n) is 6.14. The van der Waals surface area contributed by atoms with Gasteiger partial charge in [-0.05, 0) is 31.0 Å². The third kappa shape index (κ3) is 4.39. The van der Waals surface area contributed by atoms with Crippen LogP contribution in [0.25, 0.3) is 0 Å². The van der Waals surface area contributed by atoms with E-state index in [9.17, 15) is 4.79 Å². The summed E-state index contributed by atoms with van der Waals surface area (Å²) < 4.78 is 5.56. The van der Waals surface area contributed by atoms with Gasteiger partial charge in [0.15, 0.2) is 5.78 Å². The number of hydrogen-bond acceptors (Lipinski definition) is 2. The van der Waals surface area contributed by atoms with E-state index >= 15 is 0 Å². The van der Waals surface area contributed by atoms with Gasteiger partial charge in [0.05, 0.1) is 12.2 Å². The molecule has 0 fully saturated rings. The van der Waals surface area contributed by atoms with E-state index in [4.69, 9.17) is 16.3 Å². The molecule has 1 aromatic carbocycles. The number of unbranched alkanes of at least 4 members (excludes halogenated alkanes) is 1. The lowest BCUT2D eigenvalue weighted by Crippen LogP contribution is -2.05. The van der Waals surface area contributed by atoms with E-state index in [1.54, 1.807) is 18.2 Å². The normalized spacial score (nSPS) is 10.3. The monoisotopic (exact) mass is 254 g/mol. The molecule has 0 aliphatic carbocycles. The standard InChI is InChI=1S/C14H19ClO2/c1-3-5-6-13(16)12-10-11(15)7-8-14(12)17-9-4-2/h7-8,10H,3-6,9H2,1-2H3. The summed E-state index contributed by atoms with van der Waals surface area (Å²) in [5, 5.41) is 0.577. The Labute approximate surface area is 108 Å². The fourth-order valence-electron chi connectivity index (χ4n) is 1.53. The van der Waals surface area contributed by atoms with Crippen LogP contribution in [0.3, 0.4) is 0 Å². The molecule has 2 nitrogen and oxygen atoms in total. The van der Waals surface area contributed by atoms with Gasteiger partial charge in [-0.25, -0.2) is 0 Å². The first kappa shape index (κ1) is 14.0. The quantitative estimate of drug-likeness (QED) is 0.670. The smallest absolute Gasteiger partial charge is 0.166 e. The molecule has 0 bridgehead atoms. The lowest BCUT2D eigenvalue weighted by molar-refractivity contribution is 0.0976. The van der Waals surface area contributed by atoms with Crippen molar-refractivity contribution in [3.8, 4) is 5.75 Å². The van der Waals surface area contributed by atoms with Gasteiger partial charge in [0.1, 0.15) is 5.75 Å². The number of Topliss-reactive ketones (excluding diaryl/α,β-unsaturated/α-hetero) is 1. The van der Waals surface area contributed by atoms with Crippen LogP contribution >= 0.6 is 11.6 Å². The molecule has 0 aromatic heterocycles. The van der Waals surface area contributed by atoms with Crippen molar-refractivity contribution < 1.29 is 9.53 Å². The molecular weight excluding hydrogens is 236 g/mol. The summed E-state index contributed by atoms with van der Waals surface area (Å²) in [7, 11) is 0. The van der Waals surface area contributed by atoms with Crippen LogP contribution in [0.1, 0.15) is 49.9 Å². The molecule has 0 spiro atoms. The van der Waals surface area contributed by atoms with Gasteiger partial charge in [0.25, 0.3) is 0 Å². The zero-order chi connectivity index (χ0) is 12.7. The van der Waals surface area contributed by atoms with Crippen molar-refractivity contribution in [1.29, 1.82) is 0 Å². The maximum atomic E-state index is 12.0. The van der Waals surface area contributed by atoms with Crippen LogP contribution in [0.4, 0.5) is 0 Å². The lowest BCUT2D eigenvalue weighted by atomic mass is 10.0. The third-order valence-electron chi connectivity index (χ3n) is 2.46. The second kappa shape index (κ2) is 7.33. The van der Waals surface area contributed by atoms with Gasteiger partial charge in [-0.2, -0.15) is 0 Å². The number of rotatable bonds is 7. The summed E-state index contributed by atoms with van der Waals surface area (Å²) in [4.78, 5) is 12.0. The molecule has 17 heavy (non-hydrogen) atoms.